The molecule has 0 amide bonds. The van der Waals surface area contributed by atoms with Gasteiger partial charge in [-0.3, -0.25) is 4.79 Å². The van der Waals surface area contributed by atoms with Crippen LogP contribution in [-0.2, 0) is 27.8 Å². The van der Waals surface area contributed by atoms with Crippen LogP contribution in [0.15, 0.2) is 48.5 Å². The van der Waals surface area contributed by atoms with Crippen LogP contribution < -0.4 is 8.92 Å². The average Bonchev–Trinajstić information content (AvgIpc) is 2.66. The van der Waals surface area contributed by atoms with Crippen molar-refractivity contribution in [3.63, 3.8) is 0 Å². The molecule has 2 aromatic rings. The summed E-state index contributed by atoms with van der Waals surface area (Å²) in [5.74, 6) is 0.939. The van der Waals surface area contributed by atoms with Crippen LogP contribution in [0.5, 0.6) is 11.5 Å². The Labute approximate surface area is 176 Å². The molecule has 1 N–H and O–H groups in total. The number of hydrogen-bond acceptors (Lipinski definition) is 6. The van der Waals surface area contributed by atoms with Crippen molar-refractivity contribution in [2.75, 3.05) is 18.6 Å². The second-order valence-corrected chi connectivity index (χ2v) is 9.46. The van der Waals surface area contributed by atoms with Gasteiger partial charge in [-0.25, -0.2) is 0 Å². The summed E-state index contributed by atoms with van der Waals surface area (Å²) in [5, 5.41) is 8.92. The summed E-state index contributed by atoms with van der Waals surface area (Å²) < 4.78 is 32.7. The van der Waals surface area contributed by atoms with Crippen molar-refractivity contribution in [3.8, 4) is 11.5 Å². The molecule has 29 heavy (non-hydrogen) atoms. The quantitative estimate of drug-likeness (QED) is 0.504. The monoisotopic (exact) mass is 438 g/mol. The van der Waals surface area contributed by atoms with E-state index in [0.717, 1.165) is 29.6 Å². The molecule has 0 aromatic heterocycles. The normalized spacial score (nSPS) is 12.3. The Morgan fingerprint density at radius 3 is 2.17 bits per heavy atom. The van der Waals surface area contributed by atoms with Crippen molar-refractivity contribution < 1.29 is 27.2 Å². The first-order valence-electron chi connectivity index (χ1n) is 9.31. The number of ether oxygens (including phenoxy) is 1. The summed E-state index contributed by atoms with van der Waals surface area (Å²) in [6.45, 7) is 2.51. The maximum atomic E-state index is 11.4. The third-order valence-corrected chi connectivity index (χ3v) is 5.88. The van der Waals surface area contributed by atoms with E-state index in [1.165, 1.54) is 11.8 Å². The van der Waals surface area contributed by atoms with E-state index >= 15 is 0 Å². The van der Waals surface area contributed by atoms with Gasteiger partial charge in [-0.1, -0.05) is 31.2 Å². The highest BCUT2D eigenvalue weighted by Gasteiger charge is 2.17. The van der Waals surface area contributed by atoms with Crippen molar-refractivity contribution in [1.29, 1.82) is 0 Å². The molecule has 2 rings (SSSR count). The molecular weight excluding hydrogens is 412 g/mol. The van der Waals surface area contributed by atoms with Crippen LogP contribution in [0.4, 0.5) is 0 Å². The lowest BCUT2D eigenvalue weighted by atomic mass is 10.1. The maximum absolute atomic E-state index is 11.4. The lowest BCUT2D eigenvalue weighted by molar-refractivity contribution is -0.136. The van der Waals surface area contributed by atoms with Gasteiger partial charge in [-0.05, 0) is 54.0 Å². The lowest BCUT2D eigenvalue weighted by Gasteiger charge is -2.12. The van der Waals surface area contributed by atoms with Gasteiger partial charge in [0.25, 0.3) is 0 Å². The fraction of sp³-hybridized carbons (Fsp3) is 0.381. The Morgan fingerprint density at radius 1 is 1.03 bits per heavy atom. The van der Waals surface area contributed by atoms with Crippen molar-refractivity contribution in [3.05, 3.63) is 59.7 Å². The van der Waals surface area contributed by atoms with E-state index < -0.39 is 21.3 Å². The molecule has 6 nitrogen and oxygen atoms in total. The van der Waals surface area contributed by atoms with E-state index in [1.807, 2.05) is 31.2 Å². The Hall–Kier alpha value is -2.19. The van der Waals surface area contributed by atoms with E-state index in [2.05, 4.69) is 0 Å². The van der Waals surface area contributed by atoms with Crippen molar-refractivity contribution in [2.24, 2.45) is 0 Å². The molecule has 0 radical (unpaired) electrons. The smallest absolute Gasteiger partial charge is 0.316 e. The molecule has 0 aliphatic rings. The van der Waals surface area contributed by atoms with Crippen LogP contribution in [0.3, 0.4) is 0 Å². The first-order chi connectivity index (χ1) is 13.8. The third-order valence-electron chi connectivity index (χ3n) is 3.97. The Balaban J connectivity index is 1.82. The highest BCUT2D eigenvalue weighted by Crippen LogP contribution is 2.20. The fourth-order valence-electron chi connectivity index (χ4n) is 2.59. The van der Waals surface area contributed by atoms with Gasteiger partial charge in [0.15, 0.2) is 0 Å². The molecule has 2 aromatic carbocycles. The Bertz CT molecular complexity index is 876. The molecule has 0 bridgehead atoms. The molecule has 0 aliphatic heterocycles. The zero-order chi connectivity index (χ0) is 21.3. The second-order valence-electron chi connectivity index (χ2n) is 6.58. The summed E-state index contributed by atoms with van der Waals surface area (Å²) in [6.07, 6.45) is 3.17. The van der Waals surface area contributed by atoms with Gasteiger partial charge in [0, 0.05) is 6.42 Å². The number of rotatable bonds is 12. The Kier molecular flexibility index (Phi) is 8.85. The third kappa shape index (κ3) is 8.79. The lowest BCUT2D eigenvalue weighted by Crippen LogP contribution is -2.19. The van der Waals surface area contributed by atoms with Crippen LogP contribution in [-0.4, -0.2) is 43.4 Å². The molecular formula is C21H26O6S2. The van der Waals surface area contributed by atoms with Crippen LogP contribution in [0.1, 0.15) is 24.5 Å². The predicted molar refractivity (Wildman–Crippen MR) is 115 cm³/mol. The van der Waals surface area contributed by atoms with Crippen LogP contribution in [0, 0.1) is 0 Å². The van der Waals surface area contributed by atoms with Crippen molar-refractivity contribution in [2.45, 2.75) is 31.4 Å². The molecule has 1 atom stereocenters. The van der Waals surface area contributed by atoms with Crippen molar-refractivity contribution >= 4 is 27.8 Å². The summed E-state index contributed by atoms with van der Waals surface area (Å²) >= 11 is 1.48. The highest BCUT2D eigenvalue weighted by molar-refractivity contribution is 8.00. The minimum atomic E-state index is -3.54. The molecule has 158 valence electrons. The first-order valence-corrected chi connectivity index (χ1v) is 12.2. The van der Waals surface area contributed by atoms with Crippen LogP contribution in [0.25, 0.3) is 0 Å². The number of carboxylic acids is 1. The molecule has 0 saturated carbocycles. The van der Waals surface area contributed by atoms with Gasteiger partial charge in [0.1, 0.15) is 16.7 Å². The van der Waals surface area contributed by atoms with Gasteiger partial charge in [-0.2, -0.15) is 8.42 Å². The van der Waals surface area contributed by atoms with E-state index in [0.29, 0.717) is 25.2 Å². The van der Waals surface area contributed by atoms with E-state index in [1.54, 1.807) is 24.3 Å². The summed E-state index contributed by atoms with van der Waals surface area (Å²) in [5.41, 5.74) is 2.10. The number of thioether (sulfide) groups is 1. The topological polar surface area (TPSA) is 89.9 Å². The van der Waals surface area contributed by atoms with Crippen molar-refractivity contribution in [1.82, 2.24) is 0 Å². The van der Waals surface area contributed by atoms with E-state index in [4.69, 9.17) is 8.92 Å². The summed E-state index contributed by atoms with van der Waals surface area (Å²) in [6, 6.07) is 14.3. The Morgan fingerprint density at radius 2 is 1.62 bits per heavy atom. The van der Waals surface area contributed by atoms with Gasteiger partial charge in [0.05, 0.1) is 12.9 Å². The molecule has 8 heteroatoms. The SMILES string of the molecule is CCCSC(Cc1ccc(CCOc2ccc(OS(C)(=O)=O)cc2)cc1)C(=O)O. The zero-order valence-corrected chi connectivity index (χ0v) is 18.2. The highest BCUT2D eigenvalue weighted by atomic mass is 32.2. The maximum Gasteiger partial charge on any atom is 0.316 e. The van der Waals surface area contributed by atoms with Crippen LogP contribution in [0.2, 0.25) is 0 Å². The average molecular weight is 439 g/mol. The molecule has 0 fully saturated rings. The number of benzene rings is 2. The minimum Gasteiger partial charge on any atom is -0.493 e. The fourth-order valence-corrected chi connectivity index (χ4v) is 4.02. The number of aliphatic carboxylic acids is 1. The molecule has 0 heterocycles. The minimum absolute atomic E-state index is 0.243. The van der Waals surface area contributed by atoms with Crippen LogP contribution >= 0.6 is 11.8 Å². The zero-order valence-electron chi connectivity index (χ0n) is 16.5. The largest absolute Gasteiger partial charge is 0.493 e. The molecule has 0 spiro atoms. The molecule has 0 aliphatic carbocycles. The van der Waals surface area contributed by atoms with Gasteiger partial charge in [-0.15, -0.1) is 11.8 Å². The van der Waals surface area contributed by atoms with Gasteiger partial charge in [0.2, 0.25) is 0 Å². The molecule has 1 unspecified atom stereocenters. The standard InChI is InChI=1S/C21H26O6S2/c1-3-14-28-20(21(22)23)15-17-6-4-16(5-7-17)12-13-26-18-8-10-19(11-9-18)27-29(2,24)25/h4-11,20H,3,12-15H2,1-2H3,(H,22,23). The first kappa shape index (κ1) is 23.1. The second kappa shape index (κ2) is 11.1. The summed E-state index contributed by atoms with van der Waals surface area (Å²) in [7, 11) is -3.54. The predicted octanol–water partition coefficient (Wildman–Crippen LogP) is 3.79. The van der Waals surface area contributed by atoms with E-state index in [-0.39, 0.29) is 5.75 Å². The number of carboxylic acid groups (broad SMARTS) is 1. The van der Waals surface area contributed by atoms with Gasteiger partial charge < -0.3 is 14.0 Å². The summed E-state index contributed by atoms with van der Waals surface area (Å²) in [4.78, 5) is 11.4. The van der Waals surface area contributed by atoms with Gasteiger partial charge >= 0.3 is 16.1 Å². The number of hydrogen-bond donors (Lipinski definition) is 1. The molecule has 0 saturated heterocycles. The van der Waals surface area contributed by atoms with E-state index in [9.17, 15) is 18.3 Å². The number of carbonyl (C=O) groups is 1.